The van der Waals surface area contributed by atoms with Gasteiger partial charge < -0.3 is 10.7 Å². The summed E-state index contributed by atoms with van der Waals surface area (Å²) in [6.07, 6.45) is 4.92. The van der Waals surface area contributed by atoms with Crippen LogP contribution in [-0.4, -0.2) is 16.9 Å². The number of rotatable bonds is 3. The van der Waals surface area contributed by atoms with Gasteiger partial charge in [-0.15, -0.1) is 0 Å². The van der Waals surface area contributed by atoms with Crippen molar-refractivity contribution in [1.82, 2.24) is 10.3 Å². The number of carbonyl (C=O) groups is 1. The maximum absolute atomic E-state index is 12.1. The summed E-state index contributed by atoms with van der Waals surface area (Å²) in [5.41, 5.74) is 3.02. The predicted octanol–water partition coefficient (Wildman–Crippen LogP) is 1.92. The van der Waals surface area contributed by atoms with E-state index in [1.54, 1.807) is 18.3 Å². The lowest BCUT2D eigenvalue weighted by molar-refractivity contribution is 0.0911. The summed E-state index contributed by atoms with van der Waals surface area (Å²) in [5.74, 6) is 7.10. The van der Waals surface area contributed by atoms with Crippen molar-refractivity contribution in [2.75, 3.05) is 5.43 Å². The fourth-order valence-electron chi connectivity index (χ4n) is 2.95. The summed E-state index contributed by atoms with van der Waals surface area (Å²) in [5, 5.41) is 3.10. The van der Waals surface area contributed by atoms with Crippen LogP contribution in [0.4, 0.5) is 5.82 Å². The second-order valence-corrected chi connectivity index (χ2v) is 5.66. The quantitative estimate of drug-likeness (QED) is 0.574. The van der Waals surface area contributed by atoms with Crippen LogP contribution in [0.15, 0.2) is 18.3 Å². The molecule has 2 unspecified atom stereocenters. The van der Waals surface area contributed by atoms with Gasteiger partial charge in [0.1, 0.15) is 5.82 Å². The van der Waals surface area contributed by atoms with E-state index < -0.39 is 0 Å². The Bertz CT molecular complexity index is 422. The zero-order valence-electron chi connectivity index (χ0n) is 11.5. The summed E-state index contributed by atoms with van der Waals surface area (Å²) >= 11 is 0. The van der Waals surface area contributed by atoms with Gasteiger partial charge in [0.25, 0.3) is 5.91 Å². The molecule has 1 saturated carbocycles. The fraction of sp³-hybridized carbons (Fsp3) is 0.571. The largest absolute Gasteiger partial charge is 0.349 e. The maximum atomic E-state index is 12.1. The highest BCUT2D eigenvalue weighted by molar-refractivity contribution is 5.94. The SMILES string of the molecule is CC1CC(C)CC(NC(=O)c2ccc(NN)nc2)C1. The van der Waals surface area contributed by atoms with Gasteiger partial charge in [-0.25, -0.2) is 10.8 Å². The first-order valence-corrected chi connectivity index (χ1v) is 6.82. The molecule has 5 nitrogen and oxygen atoms in total. The Morgan fingerprint density at radius 3 is 2.47 bits per heavy atom. The second kappa shape index (κ2) is 6.02. The van der Waals surface area contributed by atoms with Gasteiger partial charge in [0.05, 0.1) is 5.56 Å². The molecule has 2 atom stereocenters. The van der Waals surface area contributed by atoms with Crippen molar-refractivity contribution >= 4 is 11.7 Å². The Morgan fingerprint density at radius 2 is 1.95 bits per heavy atom. The Morgan fingerprint density at radius 1 is 1.26 bits per heavy atom. The maximum Gasteiger partial charge on any atom is 0.253 e. The average Bonchev–Trinajstić information content (AvgIpc) is 2.37. The van der Waals surface area contributed by atoms with E-state index in [9.17, 15) is 4.79 Å². The first-order chi connectivity index (χ1) is 9.08. The standard InChI is InChI=1S/C14H22N4O/c1-9-5-10(2)7-12(6-9)17-14(19)11-3-4-13(18-15)16-8-11/h3-4,8-10,12H,5-7,15H2,1-2H3,(H,16,18)(H,17,19). The number of hydrogen-bond donors (Lipinski definition) is 3. The number of anilines is 1. The Labute approximate surface area is 114 Å². The van der Waals surface area contributed by atoms with Crippen LogP contribution < -0.4 is 16.6 Å². The molecule has 1 aromatic heterocycles. The third-order valence-corrected chi connectivity index (χ3v) is 3.69. The molecule has 0 saturated heterocycles. The van der Waals surface area contributed by atoms with Gasteiger partial charge >= 0.3 is 0 Å². The Balaban J connectivity index is 1.96. The molecule has 1 fully saturated rings. The molecule has 0 aliphatic heterocycles. The van der Waals surface area contributed by atoms with Crippen LogP contribution in [0.1, 0.15) is 43.5 Å². The third kappa shape index (κ3) is 3.67. The van der Waals surface area contributed by atoms with Gasteiger partial charge in [-0.05, 0) is 43.2 Å². The summed E-state index contributed by atoms with van der Waals surface area (Å²) in [4.78, 5) is 16.2. The predicted molar refractivity (Wildman–Crippen MR) is 75.5 cm³/mol. The fourth-order valence-corrected chi connectivity index (χ4v) is 2.95. The highest BCUT2D eigenvalue weighted by Crippen LogP contribution is 2.28. The van der Waals surface area contributed by atoms with Gasteiger partial charge in [0.2, 0.25) is 0 Å². The van der Waals surface area contributed by atoms with Crippen LogP contribution in [0.5, 0.6) is 0 Å². The van der Waals surface area contributed by atoms with Crippen molar-refractivity contribution in [1.29, 1.82) is 0 Å². The van der Waals surface area contributed by atoms with E-state index >= 15 is 0 Å². The lowest BCUT2D eigenvalue weighted by Gasteiger charge is -2.31. The lowest BCUT2D eigenvalue weighted by atomic mass is 9.80. The molecule has 4 N–H and O–H groups in total. The molecule has 19 heavy (non-hydrogen) atoms. The first-order valence-electron chi connectivity index (χ1n) is 6.82. The minimum atomic E-state index is -0.0534. The summed E-state index contributed by atoms with van der Waals surface area (Å²) in [6.45, 7) is 4.50. The third-order valence-electron chi connectivity index (χ3n) is 3.69. The van der Waals surface area contributed by atoms with E-state index in [1.807, 2.05) is 0 Å². The molecule has 1 aromatic rings. The van der Waals surface area contributed by atoms with Crippen LogP contribution >= 0.6 is 0 Å². The summed E-state index contributed by atoms with van der Waals surface area (Å²) < 4.78 is 0. The number of pyridine rings is 1. The Kier molecular flexibility index (Phi) is 4.37. The van der Waals surface area contributed by atoms with Crippen molar-refractivity contribution in [3.8, 4) is 0 Å². The molecule has 0 radical (unpaired) electrons. The molecular weight excluding hydrogens is 240 g/mol. The highest BCUT2D eigenvalue weighted by Gasteiger charge is 2.25. The number of hydrazine groups is 1. The van der Waals surface area contributed by atoms with Crippen molar-refractivity contribution in [3.63, 3.8) is 0 Å². The van der Waals surface area contributed by atoms with E-state index in [2.05, 4.69) is 29.6 Å². The molecule has 104 valence electrons. The zero-order valence-corrected chi connectivity index (χ0v) is 11.5. The molecule has 1 heterocycles. The number of aromatic nitrogens is 1. The molecule has 2 rings (SSSR count). The van der Waals surface area contributed by atoms with Crippen LogP contribution in [-0.2, 0) is 0 Å². The highest BCUT2D eigenvalue weighted by atomic mass is 16.1. The van der Waals surface area contributed by atoms with Crippen molar-refractivity contribution in [3.05, 3.63) is 23.9 Å². The second-order valence-electron chi connectivity index (χ2n) is 5.66. The van der Waals surface area contributed by atoms with E-state index in [0.29, 0.717) is 23.2 Å². The van der Waals surface area contributed by atoms with E-state index in [-0.39, 0.29) is 11.9 Å². The number of nitrogens with one attached hydrogen (secondary N) is 2. The minimum Gasteiger partial charge on any atom is -0.349 e. The minimum absolute atomic E-state index is 0.0534. The van der Waals surface area contributed by atoms with Crippen molar-refractivity contribution in [2.45, 2.75) is 39.2 Å². The van der Waals surface area contributed by atoms with Crippen molar-refractivity contribution in [2.24, 2.45) is 17.7 Å². The topological polar surface area (TPSA) is 80.0 Å². The Hall–Kier alpha value is -1.62. The number of nitrogens with zero attached hydrogens (tertiary/aromatic N) is 1. The molecule has 1 aliphatic carbocycles. The van der Waals surface area contributed by atoms with E-state index in [0.717, 1.165) is 12.8 Å². The number of carbonyl (C=O) groups excluding carboxylic acids is 1. The average molecular weight is 262 g/mol. The lowest BCUT2D eigenvalue weighted by Crippen LogP contribution is -2.40. The number of amides is 1. The van der Waals surface area contributed by atoms with Crippen molar-refractivity contribution < 1.29 is 4.79 Å². The summed E-state index contributed by atoms with van der Waals surface area (Å²) in [7, 11) is 0. The molecule has 0 spiro atoms. The van der Waals surface area contributed by atoms with Gasteiger partial charge in [0, 0.05) is 12.2 Å². The summed E-state index contributed by atoms with van der Waals surface area (Å²) in [6, 6.07) is 3.70. The van der Waals surface area contributed by atoms with Crippen LogP contribution in [0.2, 0.25) is 0 Å². The molecule has 5 heteroatoms. The molecule has 1 amide bonds. The first kappa shape index (κ1) is 13.8. The van der Waals surface area contributed by atoms with Gasteiger partial charge in [-0.1, -0.05) is 13.8 Å². The molecule has 0 aromatic carbocycles. The molecule has 1 aliphatic rings. The van der Waals surface area contributed by atoms with Crippen LogP contribution in [0.3, 0.4) is 0 Å². The molecular formula is C14H22N4O. The van der Waals surface area contributed by atoms with Gasteiger partial charge in [-0.2, -0.15) is 0 Å². The normalized spacial score (nSPS) is 26.8. The van der Waals surface area contributed by atoms with Gasteiger partial charge in [-0.3, -0.25) is 4.79 Å². The smallest absolute Gasteiger partial charge is 0.253 e. The monoisotopic (exact) mass is 262 g/mol. The number of nitrogens with two attached hydrogens (primary N) is 1. The van der Waals surface area contributed by atoms with E-state index in [1.165, 1.54) is 6.42 Å². The van der Waals surface area contributed by atoms with Crippen LogP contribution in [0, 0.1) is 11.8 Å². The zero-order chi connectivity index (χ0) is 13.8. The van der Waals surface area contributed by atoms with Crippen LogP contribution in [0.25, 0.3) is 0 Å². The van der Waals surface area contributed by atoms with Gasteiger partial charge in [0.15, 0.2) is 0 Å². The number of nitrogen functional groups attached to an aromatic ring is 1. The molecule has 0 bridgehead atoms. The number of hydrogen-bond acceptors (Lipinski definition) is 4. The van der Waals surface area contributed by atoms with E-state index in [4.69, 9.17) is 5.84 Å².